The molecule has 1 aromatic rings. The quantitative estimate of drug-likeness (QED) is 0.854. The number of morpholine rings is 1. The van der Waals surface area contributed by atoms with Gasteiger partial charge < -0.3 is 14.8 Å². The van der Waals surface area contributed by atoms with Gasteiger partial charge in [-0.2, -0.15) is 0 Å². The minimum atomic E-state index is 0.185. The molecule has 3 nitrogen and oxygen atoms in total. The Morgan fingerprint density at radius 1 is 1.24 bits per heavy atom. The molecule has 2 aliphatic rings. The van der Waals surface area contributed by atoms with Gasteiger partial charge in [-0.1, -0.05) is 30.3 Å². The summed E-state index contributed by atoms with van der Waals surface area (Å²) in [4.78, 5) is 0. The molecule has 2 aliphatic heterocycles. The largest absolute Gasteiger partial charge is 0.379 e. The topological polar surface area (TPSA) is 30.5 Å². The fourth-order valence-electron chi connectivity index (χ4n) is 2.73. The second-order valence-electron chi connectivity index (χ2n) is 5.04. The second kappa shape index (κ2) is 4.77. The van der Waals surface area contributed by atoms with Crippen molar-refractivity contribution in [2.24, 2.45) is 0 Å². The molecule has 1 unspecified atom stereocenters. The molecule has 3 rings (SSSR count). The predicted molar refractivity (Wildman–Crippen MR) is 66.2 cm³/mol. The lowest BCUT2D eigenvalue weighted by atomic mass is 9.74. The average Bonchev–Trinajstić information content (AvgIpc) is 2.36. The van der Waals surface area contributed by atoms with Crippen molar-refractivity contribution in [1.82, 2.24) is 5.32 Å². The molecule has 0 bridgehead atoms. The average molecular weight is 233 g/mol. The van der Waals surface area contributed by atoms with E-state index in [9.17, 15) is 0 Å². The van der Waals surface area contributed by atoms with Gasteiger partial charge in [0.25, 0.3) is 0 Å². The lowest BCUT2D eigenvalue weighted by molar-refractivity contribution is -0.0942. The zero-order chi connectivity index (χ0) is 11.6. The first-order valence-electron chi connectivity index (χ1n) is 6.35. The van der Waals surface area contributed by atoms with Gasteiger partial charge in [-0.25, -0.2) is 0 Å². The molecule has 0 aliphatic carbocycles. The van der Waals surface area contributed by atoms with Crippen LogP contribution in [0.2, 0.25) is 0 Å². The molecular formula is C14H19NO2. The Hall–Kier alpha value is -0.900. The Labute approximate surface area is 102 Å². The Kier molecular flexibility index (Phi) is 3.14. The van der Waals surface area contributed by atoms with Crippen LogP contribution in [-0.4, -0.2) is 39.0 Å². The van der Waals surface area contributed by atoms with Crippen LogP contribution >= 0.6 is 0 Å². The highest BCUT2D eigenvalue weighted by Crippen LogP contribution is 2.37. The Morgan fingerprint density at radius 2 is 2.06 bits per heavy atom. The van der Waals surface area contributed by atoms with Crippen molar-refractivity contribution in [2.75, 3.05) is 32.9 Å². The molecule has 1 aromatic carbocycles. The molecule has 2 fully saturated rings. The van der Waals surface area contributed by atoms with E-state index in [1.165, 1.54) is 5.56 Å². The first-order valence-corrected chi connectivity index (χ1v) is 6.35. The number of rotatable bonds is 3. The van der Waals surface area contributed by atoms with E-state index < -0.39 is 0 Å². The molecule has 92 valence electrons. The maximum atomic E-state index is 5.81. The smallest absolute Gasteiger partial charge is 0.0710 e. The Morgan fingerprint density at radius 3 is 2.65 bits per heavy atom. The number of hydrogen-bond donors (Lipinski definition) is 1. The zero-order valence-corrected chi connectivity index (χ0v) is 10.0. The lowest BCUT2D eigenvalue weighted by Crippen LogP contribution is -2.52. The molecule has 0 saturated carbocycles. The van der Waals surface area contributed by atoms with Gasteiger partial charge in [0.2, 0.25) is 0 Å². The van der Waals surface area contributed by atoms with Gasteiger partial charge in [0.05, 0.1) is 25.9 Å². The van der Waals surface area contributed by atoms with Crippen molar-refractivity contribution in [3.05, 3.63) is 35.9 Å². The highest BCUT2D eigenvalue weighted by atomic mass is 16.5. The predicted octanol–water partition coefficient (Wildman–Crippen LogP) is 1.33. The van der Waals surface area contributed by atoms with Crippen molar-refractivity contribution in [3.63, 3.8) is 0 Å². The fourth-order valence-corrected chi connectivity index (χ4v) is 2.73. The monoisotopic (exact) mass is 233 g/mol. The van der Waals surface area contributed by atoms with Gasteiger partial charge in [0.15, 0.2) is 0 Å². The second-order valence-corrected chi connectivity index (χ2v) is 5.04. The minimum absolute atomic E-state index is 0.185. The normalized spacial score (nSPS) is 27.4. The molecule has 1 N–H and O–H groups in total. The van der Waals surface area contributed by atoms with E-state index >= 15 is 0 Å². The van der Waals surface area contributed by atoms with Crippen LogP contribution in [0.3, 0.4) is 0 Å². The van der Waals surface area contributed by atoms with E-state index in [4.69, 9.17) is 9.47 Å². The zero-order valence-electron chi connectivity index (χ0n) is 10.0. The maximum Gasteiger partial charge on any atom is 0.0710 e. The molecular weight excluding hydrogens is 214 g/mol. The van der Waals surface area contributed by atoms with E-state index in [0.717, 1.165) is 39.3 Å². The first kappa shape index (κ1) is 11.2. The standard InChI is InChI=1S/C14H19NO2/c1-2-4-12(5-3-1)14(10-16-11-14)8-13-9-15-6-7-17-13/h1-5,13,15H,6-11H2. The van der Waals surface area contributed by atoms with Crippen LogP contribution in [0.4, 0.5) is 0 Å². The van der Waals surface area contributed by atoms with Crippen LogP contribution in [0.25, 0.3) is 0 Å². The van der Waals surface area contributed by atoms with Gasteiger partial charge >= 0.3 is 0 Å². The van der Waals surface area contributed by atoms with Crippen molar-refractivity contribution < 1.29 is 9.47 Å². The molecule has 0 aromatic heterocycles. The van der Waals surface area contributed by atoms with E-state index in [1.807, 2.05) is 0 Å². The van der Waals surface area contributed by atoms with E-state index in [0.29, 0.717) is 6.10 Å². The third-order valence-corrected chi connectivity index (χ3v) is 3.77. The van der Waals surface area contributed by atoms with Gasteiger partial charge in [0, 0.05) is 18.5 Å². The number of benzene rings is 1. The van der Waals surface area contributed by atoms with Crippen LogP contribution in [-0.2, 0) is 14.9 Å². The fraction of sp³-hybridized carbons (Fsp3) is 0.571. The van der Waals surface area contributed by atoms with Gasteiger partial charge in [-0.3, -0.25) is 0 Å². The van der Waals surface area contributed by atoms with Gasteiger partial charge in [-0.15, -0.1) is 0 Å². The summed E-state index contributed by atoms with van der Waals surface area (Å²) >= 11 is 0. The molecule has 17 heavy (non-hydrogen) atoms. The molecule has 1 atom stereocenters. The van der Waals surface area contributed by atoms with Crippen LogP contribution in [0, 0.1) is 0 Å². The summed E-state index contributed by atoms with van der Waals surface area (Å²) in [7, 11) is 0. The van der Waals surface area contributed by atoms with Crippen molar-refractivity contribution in [2.45, 2.75) is 17.9 Å². The summed E-state index contributed by atoms with van der Waals surface area (Å²) < 4.78 is 11.3. The Bertz CT molecular complexity index is 356. The lowest BCUT2D eigenvalue weighted by Gasteiger charge is -2.44. The highest BCUT2D eigenvalue weighted by molar-refractivity contribution is 5.28. The molecule has 2 saturated heterocycles. The van der Waals surface area contributed by atoms with Crippen LogP contribution in [0.15, 0.2) is 30.3 Å². The SMILES string of the molecule is c1ccc(C2(CC3CNCCO3)COC2)cc1. The first-order chi connectivity index (χ1) is 8.39. The van der Waals surface area contributed by atoms with E-state index in [1.54, 1.807) is 0 Å². The summed E-state index contributed by atoms with van der Waals surface area (Å²) in [6.45, 7) is 4.43. The molecule has 3 heteroatoms. The van der Waals surface area contributed by atoms with Crippen LogP contribution in [0.5, 0.6) is 0 Å². The van der Waals surface area contributed by atoms with Crippen molar-refractivity contribution in [3.8, 4) is 0 Å². The third kappa shape index (κ3) is 2.23. The number of hydrogen-bond acceptors (Lipinski definition) is 3. The summed E-state index contributed by atoms with van der Waals surface area (Å²) in [6, 6.07) is 10.7. The van der Waals surface area contributed by atoms with Gasteiger partial charge in [0.1, 0.15) is 0 Å². The van der Waals surface area contributed by atoms with Crippen LogP contribution < -0.4 is 5.32 Å². The summed E-state index contributed by atoms with van der Waals surface area (Å²) in [6.07, 6.45) is 1.39. The van der Waals surface area contributed by atoms with Crippen LogP contribution in [0.1, 0.15) is 12.0 Å². The van der Waals surface area contributed by atoms with E-state index in [2.05, 4.69) is 35.6 Å². The highest BCUT2D eigenvalue weighted by Gasteiger charge is 2.42. The summed E-state index contributed by atoms with van der Waals surface area (Å²) in [5, 5.41) is 3.39. The van der Waals surface area contributed by atoms with E-state index in [-0.39, 0.29) is 5.41 Å². The molecule has 0 spiro atoms. The molecule has 0 radical (unpaired) electrons. The molecule has 0 amide bonds. The number of nitrogens with one attached hydrogen (secondary N) is 1. The summed E-state index contributed by atoms with van der Waals surface area (Å²) in [5.74, 6) is 0. The maximum absolute atomic E-state index is 5.81. The third-order valence-electron chi connectivity index (χ3n) is 3.77. The van der Waals surface area contributed by atoms with Gasteiger partial charge in [-0.05, 0) is 12.0 Å². The minimum Gasteiger partial charge on any atom is -0.379 e. The van der Waals surface area contributed by atoms with Crippen molar-refractivity contribution in [1.29, 1.82) is 0 Å². The molecule has 2 heterocycles. The Balaban J connectivity index is 1.73. The summed E-state index contributed by atoms with van der Waals surface area (Å²) in [5.41, 5.74) is 1.57. The number of ether oxygens (including phenoxy) is 2. The van der Waals surface area contributed by atoms with Crippen molar-refractivity contribution >= 4 is 0 Å².